The lowest BCUT2D eigenvalue weighted by molar-refractivity contribution is -0.271. The summed E-state index contributed by atoms with van der Waals surface area (Å²) in [5, 5.41) is 22.2. The third kappa shape index (κ3) is 2.61. The summed E-state index contributed by atoms with van der Waals surface area (Å²) in [6.45, 7) is 18.0. The molecule has 5 saturated carbocycles. The van der Waals surface area contributed by atoms with Gasteiger partial charge in [-0.15, -0.1) is 0 Å². The van der Waals surface area contributed by atoms with Gasteiger partial charge < -0.3 is 10.2 Å². The minimum atomic E-state index is -0.587. The Morgan fingerprint density at radius 1 is 0.688 bits per heavy atom. The van der Waals surface area contributed by atoms with Crippen LogP contribution in [0.25, 0.3) is 0 Å². The van der Waals surface area contributed by atoms with Gasteiger partial charge in [-0.3, -0.25) is 0 Å². The second-order valence-electron chi connectivity index (χ2n) is 15.1. The first kappa shape index (κ1) is 23.7. The van der Waals surface area contributed by atoms with Crippen LogP contribution in [-0.2, 0) is 0 Å². The maximum absolute atomic E-state index is 12.3. The van der Waals surface area contributed by atoms with E-state index >= 15 is 0 Å². The number of aliphatic hydroxyl groups excluding tert-OH is 1. The van der Waals surface area contributed by atoms with Crippen LogP contribution in [0.15, 0.2) is 0 Å². The Labute approximate surface area is 198 Å². The van der Waals surface area contributed by atoms with Crippen molar-refractivity contribution in [2.75, 3.05) is 6.61 Å². The number of hydrogen-bond donors (Lipinski definition) is 2. The van der Waals surface area contributed by atoms with Gasteiger partial charge in [0, 0.05) is 6.61 Å². The highest BCUT2D eigenvalue weighted by molar-refractivity contribution is 5.22. The summed E-state index contributed by atoms with van der Waals surface area (Å²) >= 11 is 0. The molecule has 0 aliphatic heterocycles. The van der Waals surface area contributed by atoms with Gasteiger partial charge in [0.15, 0.2) is 0 Å². The van der Waals surface area contributed by atoms with E-state index in [2.05, 4.69) is 48.5 Å². The third-order valence-electron chi connectivity index (χ3n) is 14.0. The van der Waals surface area contributed by atoms with E-state index in [1.807, 2.05) is 0 Å². The van der Waals surface area contributed by atoms with Crippen molar-refractivity contribution in [3.63, 3.8) is 0 Å². The summed E-state index contributed by atoms with van der Waals surface area (Å²) in [6.07, 6.45) is 14.1. The van der Waals surface area contributed by atoms with Crippen molar-refractivity contribution >= 4 is 0 Å². The van der Waals surface area contributed by atoms with Crippen molar-refractivity contribution in [3.05, 3.63) is 0 Å². The molecule has 0 spiro atoms. The number of hydrogen-bond acceptors (Lipinski definition) is 2. The van der Waals surface area contributed by atoms with Gasteiger partial charge in [0.05, 0.1) is 5.60 Å². The lowest BCUT2D eigenvalue weighted by Crippen LogP contribution is -2.69. The molecule has 0 saturated heterocycles. The number of aliphatic hydroxyl groups is 2. The van der Waals surface area contributed by atoms with Crippen molar-refractivity contribution in [3.8, 4) is 0 Å². The van der Waals surface area contributed by atoms with Crippen molar-refractivity contribution < 1.29 is 10.2 Å². The average Bonchev–Trinajstić information content (AvgIpc) is 2.99. The van der Waals surface area contributed by atoms with Gasteiger partial charge in [-0.25, -0.2) is 0 Å². The van der Waals surface area contributed by atoms with E-state index in [1.54, 1.807) is 0 Å². The molecular weight excluding hydrogens is 392 g/mol. The molecule has 0 aromatic carbocycles. The molecule has 184 valence electrons. The molecule has 2 N–H and O–H groups in total. The van der Waals surface area contributed by atoms with Crippen molar-refractivity contribution in [1.29, 1.82) is 0 Å². The molecule has 2 heteroatoms. The second-order valence-corrected chi connectivity index (χ2v) is 15.1. The lowest BCUT2D eigenvalue weighted by atomic mass is 9.31. The molecule has 0 radical (unpaired) electrons. The quantitative estimate of drug-likeness (QED) is 0.472. The first-order valence-electron chi connectivity index (χ1n) is 14.1. The minimum Gasteiger partial charge on any atom is -0.396 e. The van der Waals surface area contributed by atoms with Gasteiger partial charge in [0.2, 0.25) is 0 Å². The van der Waals surface area contributed by atoms with Crippen LogP contribution in [-0.4, -0.2) is 22.4 Å². The molecule has 5 fully saturated rings. The smallest absolute Gasteiger partial charge is 0.0735 e. The van der Waals surface area contributed by atoms with Crippen LogP contribution >= 0.6 is 0 Å². The van der Waals surface area contributed by atoms with E-state index in [0.29, 0.717) is 27.6 Å². The maximum Gasteiger partial charge on any atom is 0.0735 e. The monoisotopic (exact) mass is 444 g/mol. The topological polar surface area (TPSA) is 40.5 Å². The zero-order chi connectivity index (χ0) is 23.4. The van der Waals surface area contributed by atoms with Crippen LogP contribution in [0.3, 0.4) is 0 Å². The summed E-state index contributed by atoms with van der Waals surface area (Å²) in [7, 11) is 0. The molecule has 1 unspecified atom stereocenters. The molecule has 5 rings (SSSR count). The summed E-state index contributed by atoms with van der Waals surface area (Å²) in [5.74, 6) is 2.79. The first-order valence-corrected chi connectivity index (χ1v) is 14.1. The van der Waals surface area contributed by atoms with Crippen LogP contribution in [0.5, 0.6) is 0 Å². The highest BCUT2D eigenvalue weighted by Gasteiger charge is 2.73. The Hall–Kier alpha value is -0.0800. The predicted molar refractivity (Wildman–Crippen MR) is 132 cm³/mol. The fourth-order valence-corrected chi connectivity index (χ4v) is 12.1. The normalized spacial score (nSPS) is 57.7. The van der Waals surface area contributed by atoms with Crippen LogP contribution < -0.4 is 0 Å². The van der Waals surface area contributed by atoms with E-state index in [1.165, 1.54) is 51.4 Å². The number of rotatable bonds is 2. The molecule has 32 heavy (non-hydrogen) atoms. The summed E-state index contributed by atoms with van der Waals surface area (Å²) in [6, 6.07) is 0. The highest BCUT2D eigenvalue weighted by Crippen LogP contribution is 2.78. The fourth-order valence-electron chi connectivity index (χ4n) is 12.1. The Balaban J connectivity index is 1.53. The van der Waals surface area contributed by atoms with Crippen LogP contribution in [0.2, 0.25) is 0 Å². The van der Waals surface area contributed by atoms with Gasteiger partial charge >= 0.3 is 0 Å². The molecule has 0 aromatic rings. The van der Waals surface area contributed by atoms with Gasteiger partial charge in [-0.2, -0.15) is 0 Å². The molecule has 0 amide bonds. The Morgan fingerprint density at radius 3 is 2.00 bits per heavy atom. The van der Waals surface area contributed by atoms with Crippen LogP contribution in [0, 0.1) is 56.7 Å². The van der Waals surface area contributed by atoms with Crippen molar-refractivity contribution in [2.24, 2.45) is 56.7 Å². The largest absolute Gasteiger partial charge is 0.396 e. The predicted octanol–water partition coefficient (Wildman–Crippen LogP) is 7.22. The van der Waals surface area contributed by atoms with Gasteiger partial charge in [-0.05, 0) is 121 Å². The van der Waals surface area contributed by atoms with E-state index in [9.17, 15) is 10.2 Å². The first-order chi connectivity index (χ1) is 14.8. The van der Waals surface area contributed by atoms with E-state index < -0.39 is 5.60 Å². The van der Waals surface area contributed by atoms with Crippen LogP contribution in [0.1, 0.15) is 119 Å². The zero-order valence-corrected chi connectivity index (χ0v) is 22.3. The lowest BCUT2D eigenvalue weighted by Gasteiger charge is -2.74. The maximum atomic E-state index is 12.3. The van der Waals surface area contributed by atoms with Gasteiger partial charge in [0.1, 0.15) is 0 Å². The van der Waals surface area contributed by atoms with Crippen molar-refractivity contribution in [1.82, 2.24) is 0 Å². The molecule has 5 aliphatic carbocycles. The van der Waals surface area contributed by atoms with Crippen molar-refractivity contribution in [2.45, 2.75) is 125 Å². The molecule has 2 nitrogen and oxygen atoms in total. The Bertz CT molecular complexity index is 760. The molecule has 5 aliphatic rings. The van der Waals surface area contributed by atoms with Gasteiger partial charge in [-0.1, -0.05) is 54.9 Å². The van der Waals surface area contributed by atoms with E-state index in [-0.39, 0.29) is 23.9 Å². The zero-order valence-electron chi connectivity index (χ0n) is 22.3. The molecule has 10 atom stereocenters. The minimum absolute atomic E-state index is 0.00562. The molecule has 0 heterocycles. The molecule has 0 bridgehead atoms. The van der Waals surface area contributed by atoms with E-state index in [0.717, 1.165) is 31.1 Å². The average molecular weight is 445 g/mol. The number of fused-ring (bicyclic) bond motifs is 7. The Morgan fingerprint density at radius 2 is 1.31 bits per heavy atom. The molecular formula is C30H52O2. The summed E-state index contributed by atoms with van der Waals surface area (Å²) in [5.41, 5.74) is 1.11. The van der Waals surface area contributed by atoms with Gasteiger partial charge in [0.25, 0.3) is 0 Å². The second kappa shape index (κ2) is 6.99. The highest BCUT2D eigenvalue weighted by atomic mass is 16.3. The molecule has 0 aromatic heterocycles. The third-order valence-corrected chi connectivity index (χ3v) is 14.0. The summed E-state index contributed by atoms with van der Waals surface area (Å²) in [4.78, 5) is 0. The summed E-state index contributed by atoms with van der Waals surface area (Å²) < 4.78 is 0. The fraction of sp³-hybridized carbons (Fsp3) is 1.00. The SMILES string of the molecule is C[C@@H](CO)[C@H]1CC[C@]2(C)[C@@H]3CC[C@@H]4[C@@]5(C)CCCC(C)(C)C5CC[C@@]4(C)[C@]3(C)CC[C@]12O. The van der Waals surface area contributed by atoms with Crippen LogP contribution in [0.4, 0.5) is 0 Å². The standard InChI is InChI=1S/C30H52O2/c1-20(19-31)21-11-15-29(7)24-10-9-23-26(4)14-8-13-25(2,3)22(26)12-16-27(23,5)28(24,6)17-18-30(21,29)32/h20-24,31-32H,8-19H2,1-7H3/t20-,21+,22?,23+,24+,26-,27+,28+,29+,30-/m0/s1. The Kier molecular flexibility index (Phi) is 5.17. The van der Waals surface area contributed by atoms with E-state index in [4.69, 9.17) is 0 Å².